The van der Waals surface area contributed by atoms with E-state index in [4.69, 9.17) is 9.47 Å². The molecule has 1 saturated heterocycles. The summed E-state index contributed by atoms with van der Waals surface area (Å²) >= 11 is 0. The van der Waals surface area contributed by atoms with E-state index in [0.717, 1.165) is 11.1 Å². The van der Waals surface area contributed by atoms with E-state index in [1.807, 2.05) is 32.0 Å². The van der Waals surface area contributed by atoms with Crippen LogP contribution >= 0.6 is 0 Å². The molecular formula is C13H16O3. The summed E-state index contributed by atoms with van der Waals surface area (Å²) in [7, 11) is 0. The first kappa shape index (κ1) is 11.1. The van der Waals surface area contributed by atoms with Gasteiger partial charge in [-0.2, -0.15) is 0 Å². The molecule has 1 aliphatic heterocycles. The number of carbonyl (C=O) groups excluding carboxylic acids is 1. The van der Waals surface area contributed by atoms with Crippen molar-refractivity contribution in [3.63, 3.8) is 0 Å². The predicted molar refractivity (Wildman–Crippen MR) is 60.3 cm³/mol. The summed E-state index contributed by atoms with van der Waals surface area (Å²) < 4.78 is 10.2. The second-order valence-corrected chi connectivity index (χ2v) is 4.26. The lowest BCUT2D eigenvalue weighted by atomic mass is 10.0. The molecule has 0 bridgehead atoms. The van der Waals surface area contributed by atoms with Crippen LogP contribution in [0.15, 0.2) is 18.2 Å². The summed E-state index contributed by atoms with van der Waals surface area (Å²) in [5.74, 6) is -0.165. The van der Waals surface area contributed by atoms with E-state index in [1.165, 1.54) is 5.56 Å². The summed E-state index contributed by atoms with van der Waals surface area (Å²) in [5, 5.41) is 0. The molecule has 3 nitrogen and oxygen atoms in total. The van der Waals surface area contributed by atoms with Crippen molar-refractivity contribution in [2.24, 2.45) is 0 Å². The molecule has 16 heavy (non-hydrogen) atoms. The van der Waals surface area contributed by atoms with Gasteiger partial charge in [-0.25, -0.2) is 0 Å². The van der Waals surface area contributed by atoms with Crippen LogP contribution in [0.25, 0.3) is 0 Å². The van der Waals surface area contributed by atoms with Gasteiger partial charge >= 0.3 is 5.97 Å². The zero-order chi connectivity index (χ0) is 11.5. The lowest BCUT2D eigenvalue weighted by molar-refractivity contribution is -0.171. The van der Waals surface area contributed by atoms with Gasteiger partial charge in [0.25, 0.3) is 0 Å². The van der Waals surface area contributed by atoms with Crippen LogP contribution in [0.4, 0.5) is 0 Å². The topological polar surface area (TPSA) is 35.5 Å². The van der Waals surface area contributed by atoms with Crippen LogP contribution < -0.4 is 0 Å². The number of ether oxygens (including phenoxy) is 2. The largest absolute Gasteiger partial charge is 0.457 e. The molecule has 0 spiro atoms. The van der Waals surface area contributed by atoms with Gasteiger partial charge in [0.05, 0.1) is 19.6 Å². The van der Waals surface area contributed by atoms with Gasteiger partial charge in [-0.3, -0.25) is 4.79 Å². The second-order valence-electron chi connectivity index (χ2n) is 4.26. The van der Waals surface area contributed by atoms with Crippen LogP contribution in [0.3, 0.4) is 0 Å². The first-order valence-electron chi connectivity index (χ1n) is 5.48. The van der Waals surface area contributed by atoms with Crippen molar-refractivity contribution in [1.82, 2.24) is 0 Å². The summed E-state index contributed by atoms with van der Waals surface area (Å²) in [6.45, 7) is 5.11. The van der Waals surface area contributed by atoms with Gasteiger partial charge < -0.3 is 9.47 Å². The van der Waals surface area contributed by atoms with Gasteiger partial charge in [0.2, 0.25) is 0 Å². The van der Waals surface area contributed by atoms with Gasteiger partial charge in [0.1, 0.15) is 6.10 Å². The fraction of sp³-hybridized carbons (Fsp3) is 0.462. The average molecular weight is 220 g/mol. The number of esters is 1. The first-order chi connectivity index (χ1) is 7.65. The Balaban J connectivity index is 1.96. The summed E-state index contributed by atoms with van der Waals surface area (Å²) in [5.41, 5.74) is 3.35. The molecule has 3 heteroatoms. The SMILES string of the molecule is Cc1ccc(C)c(CC(=O)OC2COC2)c1. The van der Waals surface area contributed by atoms with Crippen LogP contribution in [0.1, 0.15) is 16.7 Å². The Morgan fingerprint density at radius 1 is 1.44 bits per heavy atom. The fourth-order valence-corrected chi connectivity index (χ4v) is 1.66. The number of carbonyl (C=O) groups is 1. The molecule has 0 amide bonds. The quantitative estimate of drug-likeness (QED) is 0.728. The Hall–Kier alpha value is -1.35. The zero-order valence-electron chi connectivity index (χ0n) is 9.66. The van der Waals surface area contributed by atoms with Crippen LogP contribution in [0.5, 0.6) is 0 Å². The molecule has 0 atom stereocenters. The van der Waals surface area contributed by atoms with Crippen LogP contribution in [0, 0.1) is 13.8 Å². The third-order valence-electron chi connectivity index (χ3n) is 2.75. The molecule has 1 fully saturated rings. The van der Waals surface area contributed by atoms with Gasteiger partial charge in [-0.15, -0.1) is 0 Å². The van der Waals surface area contributed by atoms with E-state index >= 15 is 0 Å². The smallest absolute Gasteiger partial charge is 0.310 e. The Bertz CT molecular complexity index is 394. The van der Waals surface area contributed by atoms with E-state index < -0.39 is 0 Å². The molecule has 0 aromatic heterocycles. The monoisotopic (exact) mass is 220 g/mol. The molecule has 0 N–H and O–H groups in total. The summed E-state index contributed by atoms with van der Waals surface area (Å²) in [4.78, 5) is 11.6. The third kappa shape index (κ3) is 2.61. The standard InChI is InChI=1S/C13H16O3/c1-9-3-4-10(2)11(5-9)6-13(14)16-12-7-15-8-12/h3-5,12H,6-8H2,1-2H3. The molecule has 86 valence electrons. The van der Waals surface area contributed by atoms with Crippen molar-refractivity contribution in [2.45, 2.75) is 26.4 Å². The van der Waals surface area contributed by atoms with E-state index in [2.05, 4.69) is 0 Å². The van der Waals surface area contributed by atoms with E-state index in [9.17, 15) is 4.79 Å². The van der Waals surface area contributed by atoms with Gasteiger partial charge in [0.15, 0.2) is 0 Å². The highest BCUT2D eigenvalue weighted by molar-refractivity contribution is 5.73. The Kier molecular flexibility index (Phi) is 3.25. The highest BCUT2D eigenvalue weighted by atomic mass is 16.6. The van der Waals surface area contributed by atoms with Crippen molar-refractivity contribution >= 4 is 5.97 Å². The zero-order valence-corrected chi connectivity index (χ0v) is 9.66. The minimum Gasteiger partial charge on any atom is -0.457 e. The summed E-state index contributed by atoms with van der Waals surface area (Å²) in [6, 6.07) is 6.11. The van der Waals surface area contributed by atoms with Crippen molar-refractivity contribution in [3.05, 3.63) is 34.9 Å². The molecule has 1 aromatic rings. The number of rotatable bonds is 3. The van der Waals surface area contributed by atoms with Crippen molar-refractivity contribution in [3.8, 4) is 0 Å². The first-order valence-corrected chi connectivity index (χ1v) is 5.48. The number of benzene rings is 1. The molecule has 0 aliphatic carbocycles. The number of hydrogen-bond acceptors (Lipinski definition) is 3. The highest BCUT2D eigenvalue weighted by Crippen LogP contribution is 2.13. The molecule has 1 aliphatic rings. The Morgan fingerprint density at radius 2 is 2.19 bits per heavy atom. The maximum Gasteiger partial charge on any atom is 0.310 e. The maximum atomic E-state index is 11.6. The van der Waals surface area contributed by atoms with Crippen LogP contribution in [-0.2, 0) is 20.7 Å². The van der Waals surface area contributed by atoms with Gasteiger partial charge in [-0.05, 0) is 25.0 Å². The maximum absolute atomic E-state index is 11.6. The second kappa shape index (κ2) is 4.66. The number of aryl methyl sites for hydroxylation is 2. The van der Waals surface area contributed by atoms with Crippen LogP contribution in [0.2, 0.25) is 0 Å². The van der Waals surface area contributed by atoms with Crippen molar-refractivity contribution < 1.29 is 14.3 Å². The van der Waals surface area contributed by atoms with Crippen molar-refractivity contribution in [2.75, 3.05) is 13.2 Å². The molecular weight excluding hydrogens is 204 g/mol. The average Bonchev–Trinajstić information content (AvgIpc) is 2.18. The molecule has 1 heterocycles. The summed E-state index contributed by atoms with van der Waals surface area (Å²) in [6.07, 6.45) is 0.321. The van der Waals surface area contributed by atoms with E-state index in [0.29, 0.717) is 19.6 Å². The molecule has 2 rings (SSSR count). The molecule has 0 radical (unpaired) electrons. The lowest BCUT2D eigenvalue weighted by Gasteiger charge is -2.25. The lowest BCUT2D eigenvalue weighted by Crippen LogP contribution is -2.38. The minimum atomic E-state index is -0.165. The molecule has 1 aromatic carbocycles. The predicted octanol–water partition coefficient (Wildman–Crippen LogP) is 1.79. The van der Waals surface area contributed by atoms with Gasteiger partial charge in [-0.1, -0.05) is 23.8 Å². The minimum absolute atomic E-state index is 0.0300. The van der Waals surface area contributed by atoms with Gasteiger partial charge in [0, 0.05) is 0 Å². The third-order valence-corrected chi connectivity index (χ3v) is 2.75. The van der Waals surface area contributed by atoms with Crippen molar-refractivity contribution in [1.29, 1.82) is 0 Å². The number of hydrogen-bond donors (Lipinski definition) is 0. The van der Waals surface area contributed by atoms with E-state index in [1.54, 1.807) is 0 Å². The normalized spacial score (nSPS) is 15.6. The van der Waals surface area contributed by atoms with Crippen LogP contribution in [-0.4, -0.2) is 25.3 Å². The fourth-order valence-electron chi connectivity index (χ4n) is 1.66. The molecule has 0 unspecified atom stereocenters. The Morgan fingerprint density at radius 3 is 2.81 bits per heavy atom. The molecule has 0 saturated carbocycles. The highest BCUT2D eigenvalue weighted by Gasteiger charge is 2.22. The Labute approximate surface area is 95.4 Å². The van der Waals surface area contributed by atoms with E-state index in [-0.39, 0.29) is 12.1 Å².